The summed E-state index contributed by atoms with van der Waals surface area (Å²) in [4.78, 5) is 1.85. The van der Waals surface area contributed by atoms with Crippen molar-refractivity contribution in [3.8, 4) is 0 Å². The molecule has 0 atom stereocenters. The highest BCUT2D eigenvalue weighted by atomic mass is 79.9. The lowest BCUT2D eigenvalue weighted by Gasteiger charge is -2.15. The zero-order chi connectivity index (χ0) is 14.0. The van der Waals surface area contributed by atoms with Crippen LogP contribution in [0.15, 0.2) is 32.3 Å². The average molecular weight is 382 g/mol. The molecule has 0 radical (unpaired) electrons. The number of rotatable bonds is 5. The minimum atomic E-state index is -3.49. The number of hydrogen-bond donors (Lipinski definition) is 1. The lowest BCUT2D eigenvalue weighted by atomic mass is 10.5. The highest BCUT2D eigenvalue weighted by Crippen LogP contribution is 2.25. The highest BCUT2D eigenvalue weighted by molar-refractivity contribution is 9.10. The minimum Gasteiger partial charge on any atom is -0.391 e. The van der Waals surface area contributed by atoms with Gasteiger partial charge in [-0.25, -0.2) is 8.42 Å². The van der Waals surface area contributed by atoms with Crippen LogP contribution < -0.4 is 0 Å². The van der Waals surface area contributed by atoms with E-state index in [9.17, 15) is 8.42 Å². The first-order chi connectivity index (χ1) is 8.93. The molecule has 2 rings (SSSR count). The normalized spacial score (nSPS) is 12.2. The smallest absolute Gasteiger partial charge is 0.243 e. The van der Waals surface area contributed by atoms with Crippen LogP contribution in [-0.4, -0.2) is 24.9 Å². The first kappa shape index (κ1) is 15.1. The molecule has 2 heterocycles. The van der Waals surface area contributed by atoms with Crippen LogP contribution in [0.1, 0.15) is 9.75 Å². The number of hydrogen-bond acceptors (Lipinski definition) is 5. The fourth-order valence-corrected chi connectivity index (χ4v) is 5.36. The second-order valence-electron chi connectivity index (χ2n) is 3.90. The summed E-state index contributed by atoms with van der Waals surface area (Å²) < 4.78 is 26.9. The summed E-state index contributed by atoms with van der Waals surface area (Å²) in [7, 11) is -1.94. The molecule has 4 nitrogen and oxygen atoms in total. The van der Waals surface area contributed by atoms with Gasteiger partial charge in [-0.15, -0.1) is 22.7 Å². The van der Waals surface area contributed by atoms with Gasteiger partial charge in [0.25, 0.3) is 0 Å². The van der Waals surface area contributed by atoms with Gasteiger partial charge in [-0.1, -0.05) is 0 Å². The number of sulfonamides is 1. The van der Waals surface area contributed by atoms with E-state index in [1.807, 2.05) is 11.4 Å². The van der Waals surface area contributed by atoms with Crippen molar-refractivity contribution >= 4 is 48.6 Å². The molecule has 1 N–H and O–H groups in total. The third kappa shape index (κ3) is 3.45. The van der Waals surface area contributed by atoms with Crippen LogP contribution >= 0.6 is 38.6 Å². The third-order valence-electron chi connectivity index (χ3n) is 2.49. The molecule has 0 unspecified atom stereocenters. The summed E-state index contributed by atoms with van der Waals surface area (Å²) >= 11 is 6.10. The van der Waals surface area contributed by atoms with Gasteiger partial charge in [0.1, 0.15) is 0 Å². The second-order valence-corrected chi connectivity index (χ2v) is 8.85. The standard InChI is InChI=1S/C11H12BrNO3S3/c1-13(4-9-2-8(12)6-17-9)19(15,16)11-3-10(5-14)18-7-11/h2-3,6-7,14H,4-5H2,1H3. The van der Waals surface area contributed by atoms with Gasteiger partial charge in [-0.3, -0.25) is 0 Å². The van der Waals surface area contributed by atoms with E-state index in [4.69, 9.17) is 5.11 Å². The minimum absolute atomic E-state index is 0.137. The van der Waals surface area contributed by atoms with Crippen molar-refractivity contribution < 1.29 is 13.5 Å². The quantitative estimate of drug-likeness (QED) is 0.865. The van der Waals surface area contributed by atoms with Crippen LogP contribution in [0.25, 0.3) is 0 Å². The molecular weight excluding hydrogens is 370 g/mol. The van der Waals surface area contributed by atoms with E-state index in [1.165, 1.54) is 33.0 Å². The number of thiophene rings is 2. The molecule has 0 spiro atoms. The summed E-state index contributed by atoms with van der Waals surface area (Å²) in [6.07, 6.45) is 0. The lowest BCUT2D eigenvalue weighted by molar-refractivity contribution is 0.285. The van der Waals surface area contributed by atoms with Gasteiger partial charge in [0.05, 0.1) is 11.5 Å². The number of aliphatic hydroxyl groups excluding tert-OH is 1. The van der Waals surface area contributed by atoms with Crippen molar-refractivity contribution in [1.82, 2.24) is 4.31 Å². The van der Waals surface area contributed by atoms with Crippen LogP contribution in [0.5, 0.6) is 0 Å². The zero-order valence-corrected chi connectivity index (χ0v) is 14.1. The summed E-state index contributed by atoms with van der Waals surface area (Å²) in [5.41, 5.74) is 0. The Hall–Kier alpha value is -0.250. The Morgan fingerprint density at radius 2 is 1.95 bits per heavy atom. The van der Waals surface area contributed by atoms with Crippen molar-refractivity contribution in [3.63, 3.8) is 0 Å². The SMILES string of the molecule is CN(Cc1cc(Br)cs1)S(=O)(=O)c1csc(CO)c1. The maximum absolute atomic E-state index is 12.3. The average Bonchev–Trinajstić information content (AvgIpc) is 2.98. The van der Waals surface area contributed by atoms with Gasteiger partial charge in [-0.05, 0) is 28.1 Å². The molecule has 0 aliphatic heterocycles. The summed E-state index contributed by atoms with van der Waals surface area (Å²) in [5.74, 6) is 0. The maximum Gasteiger partial charge on any atom is 0.243 e. The summed E-state index contributed by atoms with van der Waals surface area (Å²) in [5, 5.41) is 12.5. The second kappa shape index (κ2) is 6.02. The Morgan fingerprint density at radius 3 is 2.47 bits per heavy atom. The fraction of sp³-hybridized carbons (Fsp3) is 0.273. The summed E-state index contributed by atoms with van der Waals surface area (Å²) in [6.45, 7) is 0.199. The van der Waals surface area contributed by atoms with Crippen LogP contribution in [-0.2, 0) is 23.2 Å². The molecule has 0 aromatic carbocycles. The Morgan fingerprint density at radius 1 is 1.26 bits per heavy atom. The van der Waals surface area contributed by atoms with Gasteiger partial charge >= 0.3 is 0 Å². The van der Waals surface area contributed by atoms with Gasteiger partial charge in [-0.2, -0.15) is 4.31 Å². The van der Waals surface area contributed by atoms with E-state index in [2.05, 4.69) is 15.9 Å². The number of nitrogens with zero attached hydrogens (tertiary/aromatic N) is 1. The highest BCUT2D eigenvalue weighted by Gasteiger charge is 2.22. The van der Waals surface area contributed by atoms with Crippen LogP contribution in [0, 0.1) is 0 Å². The number of halogens is 1. The molecule has 2 aromatic heterocycles. The van der Waals surface area contributed by atoms with Gasteiger partial charge in [0.2, 0.25) is 10.0 Å². The van der Waals surface area contributed by atoms with E-state index in [0.29, 0.717) is 11.4 Å². The first-order valence-corrected chi connectivity index (χ1v) is 9.30. The van der Waals surface area contributed by atoms with E-state index in [0.717, 1.165) is 9.35 Å². The molecule has 2 aromatic rings. The lowest BCUT2D eigenvalue weighted by Crippen LogP contribution is -2.25. The largest absolute Gasteiger partial charge is 0.391 e. The van der Waals surface area contributed by atoms with Crippen LogP contribution in [0.4, 0.5) is 0 Å². The van der Waals surface area contributed by atoms with Crippen molar-refractivity contribution in [2.45, 2.75) is 18.0 Å². The molecular formula is C11H12BrNO3S3. The molecule has 0 amide bonds. The van der Waals surface area contributed by atoms with Crippen LogP contribution in [0.2, 0.25) is 0 Å². The number of aliphatic hydroxyl groups is 1. The van der Waals surface area contributed by atoms with Crippen molar-refractivity contribution in [2.75, 3.05) is 7.05 Å². The van der Waals surface area contributed by atoms with Crippen molar-refractivity contribution in [3.05, 3.63) is 37.1 Å². The Labute approximate surface area is 128 Å². The monoisotopic (exact) mass is 381 g/mol. The Balaban J connectivity index is 2.19. The van der Waals surface area contributed by atoms with Gasteiger partial charge in [0.15, 0.2) is 0 Å². The maximum atomic E-state index is 12.3. The van der Waals surface area contributed by atoms with E-state index >= 15 is 0 Å². The Kier molecular flexibility index (Phi) is 4.80. The van der Waals surface area contributed by atoms with Crippen molar-refractivity contribution in [2.24, 2.45) is 0 Å². The molecule has 0 saturated heterocycles. The molecule has 104 valence electrons. The van der Waals surface area contributed by atoms with Gasteiger partial charge in [0, 0.05) is 38.6 Å². The molecule has 0 bridgehead atoms. The first-order valence-electron chi connectivity index (χ1n) is 5.31. The molecule has 0 fully saturated rings. The predicted octanol–water partition coefficient (Wildman–Crippen LogP) is 2.89. The molecule has 0 aliphatic carbocycles. The van der Waals surface area contributed by atoms with Crippen LogP contribution in [0.3, 0.4) is 0 Å². The third-order valence-corrected chi connectivity index (χ3v) is 7.03. The summed E-state index contributed by atoms with van der Waals surface area (Å²) in [6, 6.07) is 3.42. The fourth-order valence-electron chi connectivity index (χ4n) is 1.50. The van der Waals surface area contributed by atoms with E-state index in [1.54, 1.807) is 12.4 Å². The molecule has 19 heavy (non-hydrogen) atoms. The topological polar surface area (TPSA) is 57.6 Å². The van der Waals surface area contributed by atoms with Gasteiger partial charge < -0.3 is 5.11 Å². The van der Waals surface area contributed by atoms with E-state index in [-0.39, 0.29) is 11.5 Å². The molecule has 8 heteroatoms. The Bertz CT molecular complexity index is 662. The molecule has 0 saturated carbocycles. The predicted molar refractivity (Wildman–Crippen MR) is 80.9 cm³/mol. The molecule has 0 aliphatic rings. The van der Waals surface area contributed by atoms with E-state index < -0.39 is 10.0 Å². The zero-order valence-electron chi connectivity index (χ0n) is 10.0. The van der Waals surface area contributed by atoms with Crippen molar-refractivity contribution in [1.29, 1.82) is 0 Å².